The minimum atomic E-state index is -3.36. The number of rotatable bonds is 7. The van der Waals surface area contributed by atoms with Crippen LogP contribution in [0.3, 0.4) is 0 Å². The Morgan fingerprint density at radius 2 is 1.89 bits per heavy atom. The summed E-state index contributed by atoms with van der Waals surface area (Å²) in [6, 6.07) is 8.98. The number of aromatic nitrogens is 2. The maximum Gasteiger partial charge on any atom is 0.272 e. The summed E-state index contributed by atoms with van der Waals surface area (Å²) < 4.78 is 26.8. The van der Waals surface area contributed by atoms with Crippen LogP contribution in [0.2, 0.25) is 0 Å². The van der Waals surface area contributed by atoms with Gasteiger partial charge in [-0.1, -0.05) is 32.9 Å². The SMILES string of the molecule is Cn1nc(C(=O)NCc2ccc(C#N)cc2)c2c1C(=O)N(CC1(S(=O)(=O)CC(C)(C)C)CC1)CC2. The van der Waals surface area contributed by atoms with E-state index in [0.717, 1.165) is 5.56 Å². The van der Waals surface area contributed by atoms with Crippen LogP contribution in [0.1, 0.15) is 71.3 Å². The highest BCUT2D eigenvalue weighted by atomic mass is 32.2. The van der Waals surface area contributed by atoms with Crippen molar-refractivity contribution in [1.82, 2.24) is 20.0 Å². The van der Waals surface area contributed by atoms with Crippen LogP contribution < -0.4 is 5.32 Å². The third kappa shape index (κ3) is 4.96. The minimum Gasteiger partial charge on any atom is -0.347 e. The van der Waals surface area contributed by atoms with Gasteiger partial charge in [-0.25, -0.2) is 8.42 Å². The molecule has 1 aromatic carbocycles. The average molecular weight is 498 g/mol. The first-order valence-corrected chi connectivity index (χ1v) is 13.4. The van der Waals surface area contributed by atoms with Crippen LogP contribution in [0, 0.1) is 16.7 Å². The Bertz CT molecular complexity index is 1310. The van der Waals surface area contributed by atoms with Gasteiger partial charge in [0.15, 0.2) is 15.5 Å². The van der Waals surface area contributed by atoms with Crippen LogP contribution in [-0.2, 0) is 29.9 Å². The van der Waals surface area contributed by atoms with Crippen molar-refractivity contribution < 1.29 is 18.0 Å². The summed E-state index contributed by atoms with van der Waals surface area (Å²) in [5.74, 6) is -0.578. The van der Waals surface area contributed by atoms with Crippen LogP contribution >= 0.6 is 0 Å². The molecule has 186 valence electrons. The van der Waals surface area contributed by atoms with Crippen molar-refractivity contribution in [2.45, 2.75) is 51.3 Å². The second-order valence-electron chi connectivity index (χ2n) is 10.8. The molecule has 4 rings (SSSR count). The fourth-order valence-electron chi connectivity index (χ4n) is 4.64. The van der Waals surface area contributed by atoms with Gasteiger partial charge in [-0.05, 0) is 42.4 Å². The van der Waals surface area contributed by atoms with E-state index >= 15 is 0 Å². The molecular weight excluding hydrogens is 466 g/mol. The molecule has 0 atom stereocenters. The molecule has 1 saturated carbocycles. The van der Waals surface area contributed by atoms with E-state index in [9.17, 15) is 18.0 Å². The molecule has 35 heavy (non-hydrogen) atoms. The number of hydrogen-bond acceptors (Lipinski definition) is 6. The van der Waals surface area contributed by atoms with Gasteiger partial charge in [0.05, 0.1) is 22.1 Å². The zero-order valence-electron chi connectivity index (χ0n) is 20.6. The zero-order chi connectivity index (χ0) is 25.6. The van der Waals surface area contributed by atoms with Gasteiger partial charge in [0.1, 0.15) is 5.69 Å². The maximum absolute atomic E-state index is 13.3. The monoisotopic (exact) mass is 497 g/mol. The summed E-state index contributed by atoms with van der Waals surface area (Å²) in [7, 11) is -1.74. The Labute approximate surface area is 206 Å². The highest BCUT2D eigenvalue weighted by Gasteiger charge is 2.56. The van der Waals surface area contributed by atoms with E-state index in [4.69, 9.17) is 5.26 Å². The van der Waals surface area contributed by atoms with Gasteiger partial charge < -0.3 is 10.2 Å². The highest BCUT2D eigenvalue weighted by molar-refractivity contribution is 7.93. The van der Waals surface area contributed by atoms with Crippen molar-refractivity contribution >= 4 is 21.7 Å². The average Bonchev–Trinajstić information content (AvgIpc) is 3.50. The molecule has 2 aliphatic rings. The lowest BCUT2D eigenvalue weighted by Gasteiger charge is -2.32. The van der Waals surface area contributed by atoms with E-state index < -0.39 is 14.6 Å². The number of hydrogen-bond donors (Lipinski definition) is 1. The first kappa shape index (κ1) is 24.9. The lowest BCUT2D eigenvalue weighted by atomic mass is 10.0. The van der Waals surface area contributed by atoms with Crippen molar-refractivity contribution in [2.75, 3.05) is 18.8 Å². The second-order valence-corrected chi connectivity index (χ2v) is 13.2. The highest BCUT2D eigenvalue weighted by Crippen LogP contribution is 2.46. The largest absolute Gasteiger partial charge is 0.347 e. The third-order valence-electron chi connectivity index (χ3n) is 6.59. The number of carbonyl (C=O) groups is 2. The van der Waals surface area contributed by atoms with E-state index in [2.05, 4.69) is 16.5 Å². The molecular formula is C25H31N5O4S. The van der Waals surface area contributed by atoms with Gasteiger partial charge in [0.2, 0.25) is 0 Å². The number of nitriles is 1. The summed E-state index contributed by atoms with van der Waals surface area (Å²) >= 11 is 0. The van der Waals surface area contributed by atoms with Crippen LogP contribution in [0.15, 0.2) is 24.3 Å². The summed E-state index contributed by atoms with van der Waals surface area (Å²) in [5.41, 5.74) is 2.18. The van der Waals surface area contributed by atoms with E-state index in [-0.39, 0.29) is 41.8 Å². The summed E-state index contributed by atoms with van der Waals surface area (Å²) in [6.07, 6.45) is 1.57. The lowest BCUT2D eigenvalue weighted by Crippen LogP contribution is -2.47. The predicted octanol–water partition coefficient (Wildman–Crippen LogP) is 2.21. The Morgan fingerprint density at radius 3 is 2.46 bits per heavy atom. The normalized spacial score (nSPS) is 17.0. The number of fused-ring (bicyclic) bond motifs is 1. The number of benzene rings is 1. The molecule has 0 spiro atoms. The molecule has 2 aromatic rings. The number of amides is 2. The molecule has 2 amide bonds. The van der Waals surface area contributed by atoms with Crippen molar-refractivity contribution in [2.24, 2.45) is 12.5 Å². The van der Waals surface area contributed by atoms with Crippen LogP contribution in [-0.4, -0.2) is 58.5 Å². The Kier molecular flexibility index (Phi) is 6.26. The minimum absolute atomic E-state index is 0.0859. The van der Waals surface area contributed by atoms with Gasteiger partial charge in [0, 0.05) is 32.2 Å². The number of nitrogens with zero attached hydrogens (tertiary/aromatic N) is 4. The standard InChI is InChI=1S/C25H31N5O4S/c1-24(2,3)16-35(33,34)25(10-11-25)15-30-12-9-19-20(28-29(4)21(19)23(30)32)22(31)27-14-18-7-5-17(13-26)6-8-18/h5-8H,9-12,14-16H2,1-4H3,(H,27,31). The molecule has 10 heteroatoms. The quantitative estimate of drug-likeness (QED) is 0.625. The maximum atomic E-state index is 13.3. The van der Waals surface area contributed by atoms with Gasteiger partial charge >= 0.3 is 0 Å². The van der Waals surface area contributed by atoms with E-state index in [1.807, 2.05) is 20.8 Å². The van der Waals surface area contributed by atoms with Crippen molar-refractivity contribution in [1.29, 1.82) is 5.26 Å². The first-order chi connectivity index (χ1) is 16.4. The Balaban J connectivity index is 1.48. The molecule has 9 nitrogen and oxygen atoms in total. The summed E-state index contributed by atoms with van der Waals surface area (Å²) in [4.78, 5) is 27.8. The smallest absolute Gasteiger partial charge is 0.272 e. The van der Waals surface area contributed by atoms with Gasteiger partial charge in [0.25, 0.3) is 11.8 Å². The summed E-state index contributed by atoms with van der Waals surface area (Å²) in [5, 5.41) is 16.1. The van der Waals surface area contributed by atoms with Crippen molar-refractivity contribution in [3.63, 3.8) is 0 Å². The molecule has 2 heterocycles. The number of nitrogens with one attached hydrogen (secondary N) is 1. The molecule has 1 N–H and O–H groups in total. The number of carbonyl (C=O) groups excluding carboxylic acids is 2. The van der Waals surface area contributed by atoms with Crippen LogP contribution in [0.4, 0.5) is 0 Å². The molecule has 0 radical (unpaired) electrons. The molecule has 1 fully saturated rings. The van der Waals surface area contributed by atoms with Gasteiger partial charge in [-0.3, -0.25) is 14.3 Å². The van der Waals surface area contributed by atoms with E-state index in [0.29, 0.717) is 42.6 Å². The second kappa shape index (κ2) is 8.79. The van der Waals surface area contributed by atoms with Crippen LogP contribution in [0.5, 0.6) is 0 Å². The molecule has 0 unspecified atom stereocenters. The van der Waals surface area contributed by atoms with Crippen molar-refractivity contribution in [3.05, 3.63) is 52.3 Å². The third-order valence-corrected chi connectivity index (χ3v) is 9.69. The number of sulfone groups is 1. The fourth-order valence-corrected chi connectivity index (χ4v) is 7.17. The fraction of sp³-hybridized carbons (Fsp3) is 0.520. The van der Waals surface area contributed by atoms with Crippen molar-refractivity contribution in [3.8, 4) is 6.07 Å². The molecule has 1 aliphatic heterocycles. The van der Waals surface area contributed by atoms with Gasteiger partial charge in [-0.2, -0.15) is 10.4 Å². The topological polar surface area (TPSA) is 125 Å². The Hall–Kier alpha value is -3.19. The summed E-state index contributed by atoms with van der Waals surface area (Å²) in [6.45, 7) is 6.51. The predicted molar refractivity (Wildman–Crippen MR) is 130 cm³/mol. The van der Waals surface area contributed by atoms with E-state index in [1.165, 1.54) is 4.68 Å². The van der Waals surface area contributed by atoms with Crippen LogP contribution in [0.25, 0.3) is 0 Å². The lowest BCUT2D eigenvalue weighted by molar-refractivity contribution is 0.0724. The molecule has 0 saturated heterocycles. The Morgan fingerprint density at radius 1 is 1.23 bits per heavy atom. The molecule has 0 bridgehead atoms. The van der Waals surface area contributed by atoms with Gasteiger partial charge in [-0.15, -0.1) is 0 Å². The molecule has 1 aromatic heterocycles. The molecule has 1 aliphatic carbocycles. The number of aryl methyl sites for hydroxylation is 1. The van der Waals surface area contributed by atoms with E-state index in [1.54, 1.807) is 36.2 Å². The first-order valence-electron chi connectivity index (χ1n) is 11.7. The zero-order valence-corrected chi connectivity index (χ0v) is 21.4.